The molecule has 0 aromatic heterocycles. The maximum Gasteiger partial charge on any atom is 0.336 e. The van der Waals surface area contributed by atoms with Crippen molar-refractivity contribution in [2.75, 3.05) is 0 Å². The van der Waals surface area contributed by atoms with E-state index in [1.54, 1.807) is 12.1 Å². The standard InChI is InChI=1S/C8H6O3.ClH/c9-5-6-3-1-2-4-7(6)8(10)11;/h1-5H,(H,10,11);1H. The fourth-order valence-electron chi connectivity index (χ4n) is 0.795. The zero-order valence-electron chi connectivity index (χ0n) is 6.06. The van der Waals surface area contributed by atoms with E-state index in [1.165, 1.54) is 12.1 Å². The van der Waals surface area contributed by atoms with Crippen molar-refractivity contribution in [1.82, 2.24) is 0 Å². The van der Waals surface area contributed by atoms with Crippen molar-refractivity contribution >= 4 is 24.7 Å². The molecule has 0 aliphatic carbocycles. The second-order valence-electron chi connectivity index (χ2n) is 2.01. The number of carboxylic acids is 1. The Kier molecular flexibility index (Phi) is 4.00. The smallest absolute Gasteiger partial charge is 0.336 e. The number of aromatic carboxylic acids is 1. The van der Waals surface area contributed by atoms with E-state index < -0.39 is 5.97 Å². The van der Waals surface area contributed by atoms with Crippen LogP contribution in [0.3, 0.4) is 0 Å². The summed E-state index contributed by atoms with van der Waals surface area (Å²) in [6.07, 6.45) is 0.531. The van der Waals surface area contributed by atoms with Crippen molar-refractivity contribution in [1.29, 1.82) is 0 Å². The fourth-order valence-corrected chi connectivity index (χ4v) is 0.795. The minimum Gasteiger partial charge on any atom is -0.478 e. The Morgan fingerprint density at radius 1 is 1.33 bits per heavy atom. The molecule has 1 aromatic rings. The van der Waals surface area contributed by atoms with Gasteiger partial charge in [0.2, 0.25) is 0 Å². The molecule has 0 spiro atoms. The number of carboxylic acid groups (broad SMARTS) is 1. The lowest BCUT2D eigenvalue weighted by atomic mass is 10.1. The first-order chi connectivity index (χ1) is 5.25. The first-order valence-electron chi connectivity index (χ1n) is 3.03. The van der Waals surface area contributed by atoms with Gasteiger partial charge in [-0.3, -0.25) is 4.79 Å². The van der Waals surface area contributed by atoms with Gasteiger partial charge in [0.1, 0.15) is 0 Å². The van der Waals surface area contributed by atoms with E-state index in [0.29, 0.717) is 6.29 Å². The summed E-state index contributed by atoms with van der Waals surface area (Å²) in [6, 6.07) is 6.06. The van der Waals surface area contributed by atoms with Gasteiger partial charge in [-0.25, -0.2) is 4.79 Å². The molecule has 0 saturated carbocycles. The van der Waals surface area contributed by atoms with Crippen LogP contribution in [0.2, 0.25) is 0 Å². The lowest BCUT2D eigenvalue weighted by Crippen LogP contribution is -2.00. The Morgan fingerprint density at radius 3 is 2.33 bits per heavy atom. The summed E-state index contributed by atoms with van der Waals surface area (Å²) < 4.78 is 0. The summed E-state index contributed by atoms with van der Waals surface area (Å²) in [6.45, 7) is 0. The third kappa shape index (κ3) is 2.07. The predicted molar refractivity (Wildman–Crippen MR) is 46.0 cm³/mol. The van der Waals surface area contributed by atoms with E-state index in [9.17, 15) is 9.59 Å². The lowest BCUT2D eigenvalue weighted by molar-refractivity contribution is 0.0694. The Balaban J connectivity index is 0.00000121. The molecule has 0 atom stereocenters. The molecule has 0 fully saturated rings. The number of carbonyl (C=O) groups is 2. The van der Waals surface area contributed by atoms with E-state index in [0.717, 1.165) is 0 Å². The van der Waals surface area contributed by atoms with Gasteiger partial charge in [-0.2, -0.15) is 0 Å². The highest BCUT2D eigenvalue weighted by molar-refractivity contribution is 5.96. The predicted octanol–water partition coefficient (Wildman–Crippen LogP) is 1.62. The topological polar surface area (TPSA) is 54.4 Å². The number of hydrogen-bond acceptors (Lipinski definition) is 2. The van der Waals surface area contributed by atoms with Gasteiger partial charge in [0.15, 0.2) is 6.29 Å². The molecular weight excluding hydrogens is 180 g/mol. The molecular formula is C8H7ClO3. The molecule has 0 amide bonds. The van der Waals surface area contributed by atoms with E-state index in [-0.39, 0.29) is 23.5 Å². The van der Waals surface area contributed by atoms with Crippen LogP contribution in [0.1, 0.15) is 20.7 Å². The van der Waals surface area contributed by atoms with Crippen molar-refractivity contribution in [2.24, 2.45) is 0 Å². The summed E-state index contributed by atoms with van der Waals surface area (Å²) >= 11 is 0. The van der Waals surface area contributed by atoms with E-state index >= 15 is 0 Å². The van der Waals surface area contributed by atoms with Crippen molar-refractivity contribution < 1.29 is 14.7 Å². The molecule has 0 unspecified atom stereocenters. The largest absolute Gasteiger partial charge is 0.478 e. The molecule has 1 aromatic carbocycles. The quantitative estimate of drug-likeness (QED) is 0.714. The first-order valence-corrected chi connectivity index (χ1v) is 3.03. The SMILES string of the molecule is Cl.O=Cc1ccccc1C(=O)O. The number of aldehydes is 1. The van der Waals surface area contributed by atoms with Crippen LogP contribution < -0.4 is 0 Å². The molecule has 0 aliphatic heterocycles. The van der Waals surface area contributed by atoms with E-state index in [4.69, 9.17) is 5.11 Å². The van der Waals surface area contributed by atoms with E-state index in [2.05, 4.69) is 0 Å². The second kappa shape index (κ2) is 4.51. The third-order valence-corrected chi connectivity index (χ3v) is 1.32. The normalized spacial score (nSPS) is 8.33. The van der Waals surface area contributed by atoms with Crippen molar-refractivity contribution in [3.8, 4) is 0 Å². The number of benzene rings is 1. The van der Waals surface area contributed by atoms with E-state index in [1.807, 2.05) is 0 Å². The van der Waals surface area contributed by atoms with Gasteiger partial charge >= 0.3 is 5.97 Å². The molecule has 0 bridgehead atoms. The zero-order chi connectivity index (χ0) is 8.27. The van der Waals surface area contributed by atoms with Gasteiger partial charge in [0.25, 0.3) is 0 Å². The maximum absolute atomic E-state index is 10.4. The summed E-state index contributed by atoms with van der Waals surface area (Å²) in [4.78, 5) is 20.7. The van der Waals surface area contributed by atoms with Crippen LogP contribution in [0.5, 0.6) is 0 Å². The van der Waals surface area contributed by atoms with Crippen LogP contribution in [0.15, 0.2) is 24.3 Å². The highest BCUT2D eigenvalue weighted by atomic mass is 35.5. The molecule has 1 N–H and O–H groups in total. The van der Waals surface area contributed by atoms with Gasteiger partial charge in [0, 0.05) is 5.56 Å². The van der Waals surface area contributed by atoms with Crippen molar-refractivity contribution in [2.45, 2.75) is 0 Å². The Hall–Kier alpha value is -1.35. The summed E-state index contributed by atoms with van der Waals surface area (Å²) in [5.41, 5.74) is 0.252. The number of halogens is 1. The lowest BCUT2D eigenvalue weighted by Gasteiger charge is -1.95. The number of carbonyl (C=O) groups excluding carboxylic acids is 1. The monoisotopic (exact) mass is 186 g/mol. The molecule has 3 nitrogen and oxygen atoms in total. The molecule has 64 valence electrons. The fraction of sp³-hybridized carbons (Fsp3) is 0. The molecule has 0 radical (unpaired) electrons. The van der Waals surface area contributed by atoms with Crippen LogP contribution >= 0.6 is 12.4 Å². The minimum atomic E-state index is -1.08. The second-order valence-corrected chi connectivity index (χ2v) is 2.01. The number of rotatable bonds is 2. The molecule has 0 saturated heterocycles. The Bertz CT molecular complexity index is 296. The highest BCUT2D eigenvalue weighted by Crippen LogP contribution is 2.04. The first kappa shape index (κ1) is 10.7. The van der Waals surface area contributed by atoms with Crippen molar-refractivity contribution in [3.63, 3.8) is 0 Å². The van der Waals surface area contributed by atoms with Crippen molar-refractivity contribution in [3.05, 3.63) is 35.4 Å². The Morgan fingerprint density at radius 2 is 1.92 bits per heavy atom. The average molecular weight is 187 g/mol. The van der Waals surface area contributed by atoms with Crippen LogP contribution in [-0.4, -0.2) is 17.4 Å². The maximum atomic E-state index is 10.4. The van der Waals surface area contributed by atoms with Gasteiger partial charge in [-0.05, 0) is 6.07 Å². The summed E-state index contributed by atoms with van der Waals surface area (Å²) in [5.74, 6) is -1.08. The molecule has 12 heavy (non-hydrogen) atoms. The van der Waals surface area contributed by atoms with Crippen LogP contribution in [0.25, 0.3) is 0 Å². The minimum absolute atomic E-state index is 0. The third-order valence-electron chi connectivity index (χ3n) is 1.32. The van der Waals surface area contributed by atoms with Crippen LogP contribution in [0, 0.1) is 0 Å². The Labute approximate surface area is 75.4 Å². The van der Waals surface area contributed by atoms with Gasteiger partial charge in [0.05, 0.1) is 5.56 Å². The average Bonchev–Trinajstić information content (AvgIpc) is 2.04. The molecule has 1 rings (SSSR count). The number of hydrogen-bond donors (Lipinski definition) is 1. The molecule has 0 aliphatic rings. The molecule has 0 heterocycles. The summed E-state index contributed by atoms with van der Waals surface area (Å²) in [5, 5.41) is 8.54. The van der Waals surface area contributed by atoms with Gasteiger partial charge in [-0.15, -0.1) is 12.4 Å². The van der Waals surface area contributed by atoms with Gasteiger partial charge < -0.3 is 5.11 Å². The van der Waals surface area contributed by atoms with Crippen LogP contribution in [0.4, 0.5) is 0 Å². The summed E-state index contributed by atoms with van der Waals surface area (Å²) in [7, 11) is 0. The molecule has 4 heteroatoms. The zero-order valence-corrected chi connectivity index (χ0v) is 6.88. The highest BCUT2D eigenvalue weighted by Gasteiger charge is 2.06. The van der Waals surface area contributed by atoms with Gasteiger partial charge in [-0.1, -0.05) is 18.2 Å². The van der Waals surface area contributed by atoms with Crippen LogP contribution in [-0.2, 0) is 0 Å².